The maximum absolute atomic E-state index is 4.92. The second-order valence-electron chi connectivity index (χ2n) is 3.97. The van der Waals surface area contributed by atoms with Gasteiger partial charge in [-0.2, -0.15) is 4.98 Å². The summed E-state index contributed by atoms with van der Waals surface area (Å²) in [6.45, 7) is 2.18. The lowest BCUT2D eigenvalue weighted by Crippen LogP contribution is -2.07. The molecular formula is C11H13N7O. The van der Waals surface area contributed by atoms with Gasteiger partial charge in [0.25, 0.3) is 0 Å². The fourth-order valence-electron chi connectivity index (χ4n) is 1.75. The number of nitrogens with zero attached hydrogens (tertiary/aromatic N) is 5. The van der Waals surface area contributed by atoms with Crippen molar-refractivity contribution in [2.75, 3.05) is 17.7 Å². The van der Waals surface area contributed by atoms with Crippen molar-refractivity contribution in [2.24, 2.45) is 0 Å². The highest BCUT2D eigenvalue weighted by Crippen LogP contribution is 2.16. The topological polar surface area (TPSA) is 93.2 Å². The van der Waals surface area contributed by atoms with Gasteiger partial charge < -0.3 is 19.6 Å². The van der Waals surface area contributed by atoms with Crippen LogP contribution in [0.4, 0.5) is 11.6 Å². The maximum Gasteiger partial charge on any atom is 0.223 e. The highest BCUT2D eigenvalue weighted by molar-refractivity contribution is 5.65. The van der Waals surface area contributed by atoms with E-state index >= 15 is 0 Å². The van der Waals surface area contributed by atoms with Crippen LogP contribution in [0.25, 0.3) is 5.65 Å². The first kappa shape index (κ1) is 11.5. The van der Waals surface area contributed by atoms with Crippen LogP contribution < -0.4 is 10.6 Å². The Kier molecular flexibility index (Phi) is 2.75. The molecule has 8 heteroatoms. The van der Waals surface area contributed by atoms with Gasteiger partial charge in [0.15, 0.2) is 17.3 Å². The van der Waals surface area contributed by atoms with Crippen molar-refractivity contribution in [3.05, 3.63) is 30.3 Å². The SMILES string of the molecule is CNc1cn2ccnc2c(NCc2noc(C)n2)n1. The minimum atomic E-state index is 0.431. The van der Waals surface area contributed by atoms with E-state index in [2.05, 4.69) is 30.7 Å². The molecule has 0 atom stereocenters. The molecule has 3 aromatic rings. The van der Waals surface area contributed by atoms with Crippen molar-refractivity contribution < 1.29 is 4.52 Å². The molecule has 0 radical (unpaired) electrons. The Labute approximate surface area is 108 Å². The molecule has 3 heterocycles. The number of nitrogens with one attached hydrogen (secondary N) is 2. The van der Waals surface area contributed by atoms with Gasteiger partial charge >= 0.3 is 0 Å². The van der Waals surface area contributed by atoms with Crippen molar-refractivity contribution in [3.8, 4) is 0 Å². The molecule has 0 bridgehead atoms. The Morgan fingerprint density at radius 3 is 3.00 bits per heavy atom. The third kappa shape index (κ3) is 2.19. The summed E-state index contributed by atoms with van der Waals surface area (Å²) < 4.78 is 6.81. The highest BCUT2D eigenvalue weighted by atomic mass is 16.5. The summed E-state index contributed by atoms with van der Waals surface area (Å²) in [6, 6.07) is 0. The van der Waals surface area contributed by atoms with Gasteiger partial charge in [-0.05, 0) is 0 Å². The number of hydrogen-bond donors (Lipinski definition) is 2. The number of aromatic nitrogens is 5. The van der Waals surface area contributed by atoms with Crippen LogP contribution in [0.2, 0.25) is 0 Å². The van der Waals surface area contributed by atoms with E-state index in [-0.39, 0.29) is 0 Å². The zero-order chi connectivity index (χ0) is 13.2. The van der Waals surface area contributed by atoms with Crippen LogP contribution in [-0.2, 0) is 6.54 Å². The van der Waals surface area contributed by atoms with Crippen molar-refractivity contribution in [3.63, 3.8) is 0 Å². The Bertz CT molecular complexity index is 702. The molecule has 0 aliphatic rings. The fraction of sp³-hybridized carbons (Fsp3) is 0.273. The second kappa shape index (κ2) is 4.56. The Morgan fingerprint density at radius 2 is 2.26 bits per heavy atom. The van der Waals surface area contributed by atoms with Crippen LogP contribution in [0.3, 0.4) is 0 Å². The monoisotopic (exact) mass is 259 g/mol. The summed E-state index contributed by atoms with van der Waals surface area (Å²) in [5.41, 5.74) is 0.749. The van der Waals surface area contributed by atoms with Gasteiger partial charge in [-0.3, -0.25) is 0 Å². The van der Waals surface area contributed by atoms with E-state index in [0.29, 0.717) is 24.1 Å². The van der Waals surface area contributed by atoms with Crippen molar-refractivity contribution in [1.29, 1.82) is 0 Å². The van der Waals surface area contributed by atoms with Crippen molar-refractivity contribution in [1.82, 2.24) is 24.5 Å². The zero-order valence-corrected chi connectivity index (χ0v) is 10.6. The average molecular weight is 259 g/mol. The van der Waals surface area contributed by atoms with Crippen molar-refractivity contribution >= 4 is 17.3 Å². The van der Waals surface area contributed by atoms with Crippen LogP contribution in [-0.4, -0.2) is 31.6 Å². The number of aryl methyl sites for hydroxylation is 1. The molecular weight excluding hydrogens is 246 g/mol. The summed E-state index contributed by atoms with van der Waals surface area (Å²) in [6.07, 6.45) is 5.45. The van der Waals surface area contributed by atoms with Gasteiger partial charge in [0, 0.05) is 26.4 Å². The van der Waals surface area contributed by atoms with E-state index in [9.17, 15) is 0 Å². The van der Waals surface area contributed by atoms with Crippen LogP contribution >= 0.6 is 0 Å². The molecule has 0 saturated heterocycles. The normalized spacial score (nSPS) is 10.8. The van der Waals surface area contributed by atoms with Gasteiger partial charge in [0.1, 0.15) is 5.82 Å². The largest absolute Gasteiger partial charge is 0.372 e. The highest BCUT2D eigenvalue weighted by Gasteiger charge is 2.08. The Morgan fingerprint density at radius 1 is 1.37 bits per heavy atom. The fourth-order valence-corrected chi connectivity index (χ4v) is 1.75. The smallest absolute Gasteiger partial charge is 0.223 e. The van der Waals surface area contributed by atoms with Gasteiger partial charge in [-0.25, -0.2) is 9.97 Å². The summed E-state index contributed by atoms with van der Waals surface area (Å²) in [5, 5.41) is 9.98. The van der Waals surface area contributed by atoms with Gasteiger partial charge in [-0.15, -0.1) is 0 Å². The lowest BCUT2D eigenvalue weighted by molar-refractivity contribution is 0.388. The summed E-state index contributed by atoms with van der Waals surface area (Å²) in [7, 11) is 1.82. The molecule has 2 N–H and O–H groups in total. The first-order valence-electron chi connectivity index (χ1n) is 5.81. The molecule has 3 aromatic heterocycles. The third-order valence-corrected chi connectivity index (χ3v) is 2.61. The van der Waals surface area contributed by atoms with Gasteiger partial charge in [0.2, 0.25) is 5.89 Å². The number of imidazole rings is 1. The molecule has 0 spiro atoms. The third-order valence-electron chi connectivity index (χ3n) is 2.61. The molecule has 0 aliphatic carbocycles. The van der Waals surface area contributed by atoms with Gasteiger partial charge in [0.05, 0.1) is 12.7 Å². The van der Waals surface area contributed by atoms with E-state index in [0.717, 1.165) is 11.5 Å². The maximum atomic E-state index is 4.92. The van der Waals surface area contributed by atoms with Gasteiger partial charge in [-0.1, -0.05) is 5.16 Å². The van der Waals surface area contributed by atoms with Crippen LogP contribution in [0.1, 0.15) is 11.7 Å². The Balaban J connectivity index is 1.88. The molecule has 0 saturated carbocycles. The number of anilines is 2. The molecule has 0 unspecified atom stereocenters. The number of rotatable bonds is 4. The van der Waals surface area contributed by atoms with E-state index in [4.69, 9.17) is 4.52 Å². The minimum absolute atomic E-state index is 0.431. The second-order valence-corrected chi connectivity index (χ2v) is 3.97. The molecule has 0 aromatic carbocycles. The lowest BCUT2D eigenvalue weighted by Gasteiger charge is -2.07. The Hall–Kier alpha value is -2.64. The first-order valence-corrected chi connectivity index (χ1v) is 5.81. The minimum Gasteiger partial charge on any atom is -0.372 e. The molecule has 0 aliphatic heterocycles. The predicted molar refractivity (Wildman–Crippen MR) is 68.9 cm³/mol. The van der Waals surface area contributed by atoms with E-state index in [1.807, 2.05) is 23.8 Å². The molecule has 98 valence electrons. The lowest BCUT2D eigenvalue weighted by atomic mass is 10.5. The zero-order valence-electron chi connectivity index (χ0n) is 10.6. The number of hydrogen-bond acceptors (Lipinski definition) is 7. The summed E-state index contributed by atoms with van der Waals surface area (Å²) in [4.78, 5) is 12.8. The van der Waals surface area contributed by atoms with Crippen molar-refractivity contribution in [2.45, 2.75) is 13.5 Å². The summed E-state index contributed by atoms with van der Waals surface area (Å²) >= 11 is 0. The van der Waals surface area contributed by atoms with E-state index < -0.39 is 0 Å². The summed E-state index contributed by atoms with van der Waals surface area (Å²) in [5.74, 6) is 2.54. The van der Waals surface area contributed by atoms with E-state index in [1.165, 1.54) is 0 Å². The average Bonchev–Trinajstić information content (AvgIpc) is 3.04. The first-order chi connectivity index (χ1) is 9.26. The molecule has 19 heavy (non-hydrogen) atoms. The molecule has 8 nitrogen and oxygen atoms in total. The standard InChI is InChI=1S/C11H13N7O/c1-7-15-8(17-19-7)5-14-10-11-13-3-4-18(11)6-9(12-2)16-10/h3-4,6,12H,5H2,1-2H3,(H,14,16). The quantitative estimate of drug-likeness (QED) is 0.724. The van der Waals surface area contributed by atoms with Crippen LogP contribution in [0, 0.1) is 6.92 Å². The molecule has 0 amide bonds. The molecule has 0 fully saturated rings. The van der Waals surface area contributed by atoms with E-state index in [1.54, 1.807) is 13.1 Å². The number of fused-ring (bicyclic) bond motifs is 1. The van der Waals surface area contributed by atoms with Crippen LogP contribution in [0.5, 0.6) is 0 Å². The predicted octanol–water partition coefficient (Wildman–Crippen LogP) is 1.07. The molecule has 3 rings (SSSR count). The van der Waals surface area contributed by atoms with Crippen LogP contribution in [0.15, 0.2) is 23.1 Å².